The third-order valence-corrected chi connectivity index (χ3v) is 3.61. The van der Waals surface area contributed by atoms with Gasteiger partial charge in [-0.25, -0.2) is 9.98 Å². The van der Waals surface area contributed by atoms with Crippen LogP contribution in [0.5, 0.6) is 11.6 Å². The van der Waals surface area contributed by atoms with Crippen molar-refractivity contribution < 1.29 is 31.4 Å². The van der Waals surface area contributed by atoms with Gasteiger partial charge < -0.3 is 20.1 Å². The molecule has 2 aromatic rings. The molecule has 2 rings (SSSR count). The Labute approximate surface area is 193 Å². The number of aromatic nitrogens is 1. The largest absolute Gasteiger partial charge is 0.468 e. The van der Waals surface area contributed by atoms with Crippen LogP contribution in [0.4, 0.5) is 22.0 Å². The molecule has 2 N–H and O–H groups in total. The molecule has 0 radical (unpaired) electrons. The van der Waals surface area contributed by atoms with E-state index in [2.05, 4.69) is 25.3 Å². The first kappa shape index (κ1) is 26.7. The molecule has 6 nitrogen and oxygen atoms in total. The summed E-state index contributed by atoms with van der Waals surface area (Å²) in [5, 5.41) is 5.94. The Hall–Kier alpha value is -2.38. The molecule has 0 aliphatic rings. The van der Waals surface area contributed by atoms with Gasteiger partial charge in [0.1, 0.15) is 5.75 Å². The second kappa shape index (κ2) is 13.1. The molecule has 0 unspecified atom stereocenters. The van der Waals surface area contributed by atoms with E-state index in [1.165, 1.54) is 12.3 Å². The Morgan fingerprint density at radius 2 is 1.81 bits per heavy atom. The summed E-state index contributed by atoms with van der Waals surface area (Å²) in [5.74, 6) is 0.200. The lowest BCUT2D eigenvalue weighted by Gasteiger charge is -2.15. The summed E-state index contributed by atoms with van der Waals surface area (Å²) in [5.41, 5.74) is 0.847. The van der Waals surface area contributed by atoms with Gasteiger partial charge >= 0.3 is 12.8 Å². The first-order valence-corrected chi connectivity index (χ1v) is 8.97. The molecule has 0 saturated carbocycles. The van der Waals surface area contributed by atoms with Crippen LogP contribution in [-0.2, 0) is 13.1 Å². The Morgan fingerprint density at radius 3 is 2.48 bits per heavy atom. The van der Waals surface area contributed by atoms with Gasteiger partial charge in [0.15, 0.2) is 12.6 Å². The fourth-order valence-electron chi connectivity index (χ4n) is 2.37. The van der Waals surface area contributed by atoms with Crippen LogP contribution in [0.1, 0.15) is 18.1 Å². The molecule has 31 heavy (non-hydrogen) atoms. The van der Waals surface area contributed by atoms with Crippen molar-refractivity contribution in [3.8, 4) is 11.6 Å². The van der Waals surface area contributed by atoms with Crippen molar-refractivity contribution in [1.29, 1.82) is 0 Å². The number of halogens is 6. The van der Waals surface area contributed by atoms with E-state index in [-0.39, 0.29) is 48.7 Å². The van der Waals surface area contributed by atoms with Crippen molar-refractivity contribution >= 4 is 29.9 Å². The number of hydrogen-bond acceptors (Lipinski definition) is 4. The number of guanidine groups is 1. The number of benzene rings is 1. The van der Waals surface area contributed by atoms with Crippen molar-refractivity contribution in [3.63, 3.8) is 0 Å². The van der Waals surface area contributed by atoms with Crippen LogP contribution in [0.2, 0.25) is 0 Å². The zero-order chi connectivity index (χ0) is 22.0. The average molecular weight is 560 g/mol. The lowest BCUT2D eigenvalue weighted by molar-refractivity contribution is -0.154. The van der Waals surface area contributed by atoms with Crippen LogP contribution in [0.3, 0.4) is 0 Å². The molecule has 1 aromatic heterocycles. The molecule has 0 saturated heterocycles. The van der Waals surface area contributed by atoms with Crippen LogP contribution in [0.25, 0.3) is 0 Å². The third kappa shape index (κ3) is 9.98. The van der Waals surface area contributed by atoms with Crippen molar-refractivity contribution in [2.24, 2.45) is 4.99 Å². The quantitative estimate of drug-likeness (QED) is 0.205. The van der Waals surface area contributed by atoms with Gasteiger partial charge in [0.05, 0.1) is 6.54 Å². The Morgan fingerprint density at radius 1 is 1.10 bits per heavy atom. The van der Waals surface area contributed by atoms with Gasteiger partial charge in [0, 0.05) is 30.4 Å². The minimum atomic E-state index is -4.48. The Bertz CT molecular complexity index is 837. The Kier molecular flexibility index (Phi) is 11.3. The van der Waals surface area contributed by atoms with Gasteiger partial charge in [-0.15, -0.1) is 24.0 Å². The van der Waals surface area contributed by atoms with Crippen LogP contribution in [0, 0.1) is 0 Å². The molecule has 1 aromatic carbocycles. The molecule has 0 fully saturated rings. The average Bonchev–Trinajstić information content (AvgIpc) is 2.69. The van der Waals surface area contributed by atoms with Crippen molar-refractivity contribution in [2.45, 2.75) is 32.8 Å². The van der Waals surface area contributed by atoms with Gasteiger partial charge in [-0.1, -0.05) is 24.3 Å². The number of alkyl halides is 5. The summed E-state index contributed by atoms with van der Waals surface area (Å²) < 4.78 is 71.5. The van der Waals surface area contributed by atoms with Gasteiger partial charge in [-0.2, -0.15) is 22.0 Å². The maximum absolute atomic E-state index is 12.5. The molecule has 12 heteroatoms. The smallest absolute Gasteiger partial charge is 0.422 e. The number of aliphatic imine (C=N–C) groups is 1. The molecular weight excluding hydrogens is 538 g/mol. The van der Waals surface area contributed by atoms with Gasteiger partial charge in [-0.05, 0) is 19.1 Å². The summed E-state index contributed by atoms with van der Waals surface area (Å²) in [6, 6.07) is 9.41. The van der Waals surface area contributed by atoms with Crippen LogP contribution in [-0.4, -0.2) is 36.9 Å². The van der Waals surface area contributed by atoms with Crippen molar-refractivity contribution in [1.82, 2.24) is 15.6 Å². The van der Waals surface area contributed by atoms with Gasteiger partial charge in [0.25, 0.3) is 0 Å². The normalized spacial score (nSPS) is 11.6. The molecule has 0 atom stereocenters. The first-order chi connectivity index (χ1) is 14.3. The van der Waals surface area contributed by atoms with E-state index in [9.17, 15) is 22.0 Å². The van der Waals surface area contributed by atoms with Crippen LogP contribution < -0.4 is 20.1 Å². The molecule has 1 heterocycles. The number of nitrogens with zero attached hydrogens (tertiary/aromatic N) is 2. The molecule has 0 bridgehead atoms. The summed E-state index contributed by atoms with van der Waals surface area (Å²) in [7, 11) is 0. The van der Waals surface area contributed by atoms with E-state index < -0.39 is 19.4 Å². The fraction of sp³-hybridized carbons (Fsp3) is 0.368. The minimum Gasteiger partial charge on any atom is -0.468 e. The number of hydrogen-bond donors (Lipinski definition) is 2. The highest BCUT2D eigenvalue weighted by atomic mass is 127. The van der Waals surface area contributed by atoms with Gasteiger partial charge in [0.2, 0.25) is 5.88 Å². The van der Waals surface area contributed by atoms with Crippen LogP contribution >= 0.6 is 24.0 Å². The van der Waals surface area contributed by atoms with E-state index >= 15 is 0 Å². The highest BCUT2D eigenvalue weighted by Crippen LogP contribution is 2.21. The number of pyridine rings is 1. The molecule has 0 aliphatic heterocycles. The predicted octanol–water partition coefficient (Wildman–Crippen LogP) is 4.50. The molecule has 0 amide bonds. The Balaban J connectivity index is 0.00000480. The van der Waals surface area contributed by atoms with Crippen LogP contribution in [0.15, 0.2) is 47.6 Å². The maximum atomic E-state index is 12.5. The minimum absolute atomic E-state index is 0. The molecular formula is C19H22F5IN4O2. The van der Waals surface area contributed by atoms with E-state index in [1.54, 1.807) is 30.3 Å². The molecule has 0 aliphatic carbocycles. The van der Waals surface area contributed by atoms with E-state index in [0.717, 1.165) is 0 Å². The second-order valence-electron chi connectivity index (χ2n) is 5.91. The van der Waals surface area contributed by atoms with Gasteiger partial charge in [-0.3, -0.25) is 0 Å². The van der Waals surface area contributed by atoms with Crippen molar-refractivity contribution in [3.05, 3.63) is 53.7 Å². The van der Waals surface area contributed by atoms with E-state index in [0.29, 0.717) is 23.6 Å². The van der Waals surface area contributed by atoms with E-state index in [1.807, 2.05) is 6.92 Å². The highest BCUT2D eigenvalue weighted by Gasteiger charge is 2.29. The topological polar surface area (TPSA) is 67.8 Å². The zero-order valence-electron chi connectivity index (χ0n) is 16.5. The molecule has 0 spiro atoms. The summed E-state index contributed by atoms with van der Waals surface area (Å²) in [6.45, 7) is -1.95. The summed E-state index contributed by atoms with van der Waals surface area (Å²) in [4.78, 5) is 8.12. The summed E-state index contributed by atoms with van der Waals surface area (Å²) in [6.07, 6.45) is -3.16. The lowest BCUT2D eigenvalue weighted by Crippen LogP contribution is -2.36. The zero-order valence-corrected chi connectivity index (χ0v) is 18.8. The maximum Gasteiger partial charge on any atom is 0.422 e. The standard InChI is InChI=1S/C19H21F5N4O2.HI/c1-2-25-18(27-10-13-6-3-4-8-15(13)30-17(20)21)28-11-14-7-5-9-26-16(14)29-12-19(22,23)24;/h3-9,17H,2,10-12H2,1H3,(H2,25,27,28);1H. The predicted molar refractivity (Wildman–Crippen MR) is 116 cm³/mol. The summed E-state index contributed by atoms with van der Waals surface area (Å²) >= 11 is 0. The number of rotatable bonds is 9. The fourth-order valence-corrected chi connectivity index (χ4v) is 2.37. The lowest BCUT2D eigenvalue weighted by atomic mass is 10.2. The first-order valence-electron chi connectivity index (χ1n) is 8.97. The number of nitrogens with one attached hydrogen (secondary N) is 2. The second-order valence-corrected chi connectivity index (χ2v) is 5.91. The van der Waals surface area contributed by atoms with Crippen molar-refractivity contribution in [2.75, 3.05) is 13.2 Å². The number of ether oxygens (including phenoxy) is 2. The molecule has 172 valence electrons. The monoisotopic (exact) mass is 560 g/mol. The highest BCUT2D eigenvalue weighted by molar-refractivity contribution is 14.0. The number of para-hydroxylation sites is 1. The van der Waals surface area contributed by atoms with E-state index in [4.69, 9.17) is 4.74 Å². The third-order valence-electron chi connectivity index (χ3n) is 3.61. The SMILES string of the molecule is CCNC(=NCc1cccnc1OCC(F)(F)F)NCc1ccccc1OC(F)F.I.